The average molecular weight is 277 g/mol. The van der Waals surface area contributed by atoms with Crippen LogP contribution >= 0.6 is 0 Å². The zero-order valence-electron chi connectivity index (χ0n) is 11.8. The fraction of sp³-hybridized carbons (Fsp3) is 0.429. The van der Waals surface area contributed by atoms with Gasteiger partial charge in [-0.05, 0) is 32.0 Å². The summed E-state index contributed by atoms with van der Waals surface area (Å²) in [6.45, 7) is 4.07. The van der Waals surface area contributed by atoms with Gasteiger partial charge in [0.1, 0.15) is 0 Å². The first kappa shape index (κ1) is 14.3. The molecule has 0 saturated carbocycles. The Balaban J connectivity index is 2.47. The Kier molecular flexibility index (Phi) is 4.24. The standard InChI is InChI=1S/C14H19N3O3/c1-3-20-14-11(10-6-8-16(2)9-7-10)4-5-12(13(14)15)17(18)19/h4-6H,3,7-9,15H2,1-2H3. The SMILES string of the molecule is CCOc1c(C2=CCN(C)CC2)ccc([N+](=O)[O-])c1N. The molecule has 6 heteroatoms. The van der Waals surface area contributed by atoms with Crippen molar-refractivity contribution in [2.45, 2.75) is 13.3 Å². The molecule has 0 aromatic heterocycles. The summed E-state index contributed by atoms with van der Waals surface area (Å²) in [6, 6.07) is 3.18. The molecule has 1 aromatic carbocycles. The van der Waals surface area contributed by atoms with E-state index in [1.165, 1.54) is 6.07 Å². The van der Waals surface area contributed by atoms with Crippen molar-refractivity contribution in [2.24, 2.45) is 0 Å². The number of hydrogen-bond acceptors (Lipinski definition) is 5. The van der Waals surface area contributed by atoms with Gasteiger partial charge in [0, 0.05) is 24.7 Å². The van der Waals surface area contributed by atoms with Gasteiger partial charge in [0.05, 0.1) is 11.5 Å². The average Bonchev–Trinajstić information content (AvgIpc) is 2.42. The van der Waals surface area contributed by atoms with Crippen molar-refractivity contribution >= 4 is 16.9 Å². The van der Waals surface area contributed by atoms with E-state index in [-0.39, 0.29) is 11.4 Å². The van der Waals surface area contributed by atoms with Crippen LogP contribution in [0.5, 0.6) is 5.75 Å². The highest BCUT2D eigenvalue weighted by molar-refractivity contribution is 5.81. The van der Waals surface area contributed by atoms with E-state index in [9.17, 15) is 10.1 Å². The van der Waals surface area contributed by atoms with Crippen molar-refractivity contribution in [3.05, 3.63) is 33.9 Å². The molecule has 1 aliphatic rings. The van der Waals surface area contributed by atoms with Crippen LogP contribution in [-0.2, 0) is 0 Å². The molecule has 0 radical (unpaired) electrons. The molecule has 0 unspecified atom stereocenters. The van der Waals surface area contributed by atoms with Gasteiger partial charge in [-0.3, -0.25) is 10.1 Å². The Morgan fingerprint density at radius 1 is 1.50 bits per heavy atom. The zero-order valence-corrected chi connectivity index (χ0v) is 11.8. The number of nitrogen functional groups attached to an aromatic ring is 1. The third-order valence-corrected chi connectivity index (χ3v) is 3.42. The van der Waals surface area contributed by atoms with Crippen molar-refractivity contribution in [3.63, 3.8) is 0 Å². The Labute approximate surface area is 118 Å². The summed E-state index contributed by atoms with van der Waals surface area (Å²) in [7, 11) is 2.06. The lowest BCUT2D eigenvalue weighted by molar-refractivity contribution is -0.384. The van der Waals surface area contributed by atoms with Crippen molar-refractivity contribution in [1.82, 2.24) is 4.90 Å². The first-order chi connectivity index (χ1) is 9.54. The van der Waals surface area contributed by atoms with E-state index < -0.39 is 4.92 Å². The number of benzene rings is 1. The van der Waals surface area contributed by atoms with E-state index in [0.29, 0.717) is 12.4 Å². The summed E-state index contributed by atoms with van der Waals surface area (Å²) in [5.41, 5.74) is 7.90. The third-order valence-electron chi connectivity index (χ3n) is 3.42. The highest BCUT2D eigenvalue weighted by atomic mass is 16.6. The topological polar surface area (TPSA) is 81.6 Å². The molecule has 0 spiro atoms. The van der Waals surface area contributed by atoms with Crippen LogP contribution in [0.4, 0.5) is 11.4 Å². The molecule has 0 atom stereocenters. The normalized spacial score (nSPS) is 15.8. The predicted molar refractivity (Wildman–Crippen MR) is 78.8 cm³/mol. The van der Waals surface area contributed by atoms with Crippen LogP contribution in [0.1, 0.15) is 18.9 Å². The van der Waals surface area contributed by atoms with Crippen LogP contribution < -0.4 is 10.5 Å². The maximum Gasteiger partial charge on any atom is 0.295 e. The van der Waals surface area contributed by atoms with E-state index in [2.05, 4.69) is 18.0 Å². The first-order valence-corrected chi connectivity index (χ1v) is 6.62. The highest BCUT2D eigenvalue weighted by Crippen LogP contribution is 2.39. The van der Waals surface area contributed by atoms with Crippen molar-refractivity contribution in [3.8, 4) is 5.75 Å². The molecule has 2 rings (SSSR count). The summed E-state index contributed by atoms with van der Waals surface area (Å²) < 4.78 is 5.55. The van der Waals surface area contributed by atoms with Crippen molar-refractivity contribution < 1.29 is 9.66 Å². The number of nitro groups is 1. The summed E-state index contributed by atoms with van der Waals surface area (Å²) in [5, 5.41) is 11.0. The minimum absolute atomic E-state index is 0.106. The molecule has 2 N–H and O–H groups in total. The zero-order chi connectivity index (χ0) is 14.7. The first-order valence-electron chi connectivity index (χ1n) is 6.62. The van der Waals surface area contributed by atoms with Crippen LogP contribution in [0.25, 0.3) is 5.57 Å². The van der Waals surface area contributed by atoms with Crippen LogP contribution in [0, 0.1) is 10.1 Å². The van der Waals surface area contributed by atoms with Gasteiger partial charge in [-0.1, -0.05) is 6.08 Å². The van der Waals surface area contributed by atoms with E-state index in [1.807, 2.05) is 6.92 Å². The number of likely N-dealkylation sites (N-methyl/N-ethyl adjacent to an activating group) is 1. The van der Waals surface area contributed by atoms with Gasteiger partial charge in [0.2, 0.25) is 0 Å². The molecule has 108 valence electrons. The van der Waals surface area contributed by atoms with Gasteiger partial charge in [0.15, 0.2) is 11.4 Å². The van der Waals surface area contributed by atoms with Gasteiger partial charge < -0.3 is 15.4 Å². The molecule has 0 aliphatic carbocycles. The van der Waals surface area contributed by atoms with Gasteiger partial charge in [-0.2, -0.15) is 0 Å². The number of hydrogen-bond donors (Lipinski definition) is 1. The fourth-order valence-corrected chi connectivity index (χ4v) is 2.32. The molecule has 0 amide bonds. The largest absolute Gasteiger partial charge is 0.491 e. The highest BCUT2D eigenvalue weighted by Gasteiger charge is 2.22. The van der Waals surface area contributed by atoms with E-state index in [4.69, 9.17) is 10.5 Å². The second-order valence-corrected chi connectivity index (χ2v) is 4.81. The maximum absolute atomic E-state index is 11.0. The molecule has 0 fully saturated rings. The number of nitrogens with zero attached hydrogens (tertiary/aromatic N) is 2. The molecular weight excluding hydrogens is 258 g/mol. The third kappa shape index (κ3) is 2.75. The second kappa shape index (κ2) is 5.92. The maximum atomic E-state index is 11.0. The molecule has 20 heavy (non-hydrogen) atoms. The van der Waals surface area contributed by atoms with Gasteiger partial charge in [-0.15, -0.1) is 0 Å². The Morgan fingerprint density at radius 2 is 2.25 bits per heavy atom. The lowest BCUT2D eigenvalue weighted by atomic mass is 9.97. The molecular formula is C14H19N3O3. The minimum atomic E-state index is -0.481. The van der Waals surface area contributed by atoms with Crippen LogP contribution in [0.2, 0.25) is 0 Å². The quantitative estimate of drug-likeness (QED) is 0.519. The van der Waals surface area contributed by atoms with Gasteiger partial charge >= 0.3 is 0 Å². The Bertz CT molecular complexity index is 555. The Hall–Kier alpha value is -2.08. The molecule has 1 aliphatic heterocycles. The van der Waals surface area contributed by atoms with Gasteiger partial charge in [-0.25, -0.2) is 0 Å². The van der Waals surface area contributed by atoms with E-state index in [0.717, 1.165) is 30.6 Å². The smallest absolute Gasteiger partial charge is 0.295 e. The molecule has 1 aromatic rings. The van der Waals surface area contributed by atoms with Gasteiger partial charge in [0.25, 0.3) is 5.69 Å². The minimum Gasteiger partial charge on any atom is -0.491 e. The number of nitro benzene ring substituents is 1. The fourth-order valence-electron chi connectivity index (χ4n) is 2.32. The number of nitrogens with two attached hydrogens (primary N) is 1. The lowest BCUT2D eigenvalue weighted by Gasteiger charge is -2.23. The van der Waals surface area contributed by atoms with Crippen molar-refractivity contribution in [2.75, 3.05) is 32.5 Å². The number of rotatable bonds is 4. The van der Waals surface area contributed by atoms with Crippen LogP contribution in [0.3, 0.4) is 0 Å². The molecule has 0 saturated heterocycles. The number of anilines is 1. The van der Waals surface area contributed by atoms with E-state index in [1.54, 1.807) is 6.07 Å². The lowest BCUT2D eigenvalue weighted by Crippen LogP contribution is -2.23. The van der Waals surface area contributed by atoms with E-state index >= 15 is 0 Å². The summed E-state index contributed by atoms with van der Waals surface area (Å²) in [6.07, 6.45) is 3.00. The molecule has 0 bridgehead atoms. The monoisotopic (exact) mass is 277 g/mol. The second-order valence-electron chi connectivity index (χ2n) is 4.81. The molecule has 1 heterocycles. The number of ether oxygens (including phenoxy) is 1. The van der Waals surface area contributed by atoms with Crippen LogP contribution in [-0.4, -0.2) is 36.6 Å². The predicted octanol–water partition coefficient (Wildman–Crippen LogP) is 2.29. The Morgan fingerprint density at radius 3 is 2.80 bits per heavy atom. The summed E-state index contributed by atoms with van der Waals surface area (Å²) >= 11 is 0. The molecule has 6 nitrogen and oxygen atoms in total. The summed E-state index contributed by atoms with van der Waals surface area (Å²) in [4.78, 5) is 12.7. The summed E-state index contributed by atoms with van der Waals surface area (Å²) in [5.74, 6) is 0.428. The van der Waals surface area contributed by atoms with Crippen molar-refractivity contribution in [1.29, 1.82) is 0 Å². The van der Waals surface area contributed by atoms with Crippen LogP contribution in [0.15, 0.2) is 18.2 Å².